The monoisotopic (exact) mass is 374 g/mol. The Morgan fingerprint density at radius 2 is 1.73 bits per heavy atom. The molecule has 0 N–H and O–H groups in total. The first-order chi connectivity index (χ1) is 12.4. The Morgan fingerprint density at radius 1 is 1.04 bits per heavy atom. The second kappa shape index (κ2) is 8.15. The maximum Gasteiger partial charge on any atom is 0.573 e. The molecular formula is C20H26F4O2. The first-order valence-corrected chi connectivity index (χ1v) is 9.52. The van der Waals surface area contributed by atoms with Crippen LogP contribution >= 0.6 is 0 Å². The third-order valence-corrected chi connectivity index (χ3v) is 5.73. The van der Waals surface area contributed by atoms with Gasteiger partial charge in [-0.15, -0.1) is 13.2 Å². The summed E-state index contributed by atoms with van der Waals surface area (Å²) in [4.78, 5) is 0. The normalized spacial score (nSPS) is 28.3. The molecule has 2 fully saturated rings. The van der Waals surface area contributed by atoms with Crippen LogP contribution in [0.1, 0.15) is 63.4 Å². The molecule has 0 saturated heterocycles. The van der Waals surface area contributed by atoms with Crippen molar-refractivity contribution in [3.63, 3.8) is 0 Å². The van der Waals surface area contributed by atoms with Gasteiger partial charge in [0.05, 0.1) is 6.10 Å². The quantitative estimate of drug-likeness (QED) is 0.398. The van der Waals surface area contributed by atoms with Crippen LogP contribution in [-0.2, 0) is 4.74 Å². The lowest BCUT2D eigenvalue weighted by atomic mass is 9.60. The van der Waals surface area contributed by atoms with E-state index in [1.54, 1.807) is 6.07 Å². The number of ether oxygens (including phenoxy) is 2. The minimum absolute atomic E-state index is 0.235. The highest BCUT2D eigenvalue weighted by Crippen LogP contribution is 2.51. The number of rotatable bonds is 8. The molecule has 26 heavy (non-hydrogen) atoms. The molecule has 2 aliphatic rings. The molecule has 2 aliphatic carbocycles. The van der Waals surface area contributed by atoms with Gasteiger partial charge in [-0.1, -0.05) is 25.8 Å². The molecule has 1 aromatic rings. The highest BCUT2D eigenvalue weighted by Gasteiger charge is 2.42. The van der Waals surface area contributed by atoms with Gasteiger partial charge in [0, 0.05) is 6.61 Å². The molecule has 0 atom stereocenters. The van der Waals surface area contributed by atoms with Crippen LogP contribution in [0, 0.1) is 17.7 Å². The van der Waals surface area contributed by atoms with Crippen LogP contribution in [0.3, 0.4) is 0 Å². The van der Waals surface area contributed by atoms with Crippen molar-refractivity contribution in [2.45, 2.75) is 70.3 Å². The van der Waals surface area contributed by atoms with Gasteiger partial charge in [-0.2, -0.15) is 0 Å². The van der Waals surface area contributed by atoms with Gasteiger partial charge in [0.2, 0.25) is 0 Å². The maximum absolute atomic E-state index is 13.8. The lowest BCUT2D eigenvalue weighted by Crippen LogP contribution is -2.40. The van der Waals surface area contributed by atoms with Gasteiger partial charge in [0.15, 0.2) is 11.6 Å². The molecule has 2 saturated carbocycles. The summed E-state index contributed by atoms with van der Waals surface area (Å²) in [6, 6.07) is 3.81. The lowest BCUT2D eigenvalue weighted by molar-refractivity contribution is -0.275. The molecule has 0 heterocycles. The number of unbranched alkanes of at least 4 members (excludes halogenated alkanes) is 2. The second-order valence-corrected chi connectivity index (χ2v) is 7.60. The Bertz CT molecular complexity index is 590. The third-order valence-electron chi connectivity index (χ3n) is 5.73. The van der Waals surface area contributed by atoms with Gasteiger partial charge < -0.3 is 9.47 Å². The Kier molecular flexibility index (Phi) is 6.10. The summed E-state index contributed by atoms with van der Waals surface area (Å²) in [5, 5.41) is 0. The molecule has 3 rings (SSSR count). The molecule has 6 heteroatoms. The lowest BCUT2D eigenvalue weighted by Gasteiger charge is -2.47. The number of halogens is 4. The number of hydrogen-bond donors (Lipinski definition) is 0. The molecule has 0 unspecified atom stereocenters. The molecule has 0 aliphatic heterocycles. The summed E-state index contributed by atoms with van der Waals surface area (Å²) in [6.45, 7) is 3.03. The third kappa shape index (κ3) is 4.90. The van der Waals surface area contributed by atoms with Crippen LogP contribution in [0.2, 0.25) is 0 Å². The van der Waals surface area contributed by atoms with Crippen LogP contribution in [0.25, 0.3) is 0 Å². The summed E-state index contributed by atoms with van der Waals surface area (Å²) >= 11 is 0. The molecular weight excluding hydrogens is 348 g/mol. The van der Waals surface area contributed by atoms with Gasteiger partial charge in [0.25, 0.3) is 0 Å². The average Bonchev–Trinajstić information content (AvgIpc) is 2.47. The van der Waals surface area contributed by atoms with Crippen molar-refractivity contribution in [3.8, 4) is 5.75 Å². The Labute approximate surface area is 151 Å². The molecule has 0 spiro atoms. The fraction of sp³-hybridized carbons (Fsp3) is 0.700. The predicted molar refractivity (Wildman–Crippen MR) is 90.5 cm³/mol. The Morgan fingerprint density at radius 3 is 2.35 bits per heavy atom. The van der Waals surface area contributed by atoms with Gasteiger partial charge in [-0.25, -0.2) is 4.39 Å². The Balaban J connectivity index is 1.40. The van der Waals surface area contributed by atoms with Crippen molar-refractivity contribution in [3.05, 3.63) is 29.6 Å². The molecule has 0 radical (unpaired) electrons. The highest BCUT2D eigenvalue weighted by atomic mass is 19.4. The summed E-state index contributed by atoms with van der Waals surface area (Å²) < 4.78 is 59.9. The molecule has 0 amide bonds. The highest BCUT2D eigenvalue weighted by molar-refractivity contribution is 5.32. The Hall–Kier alpha value is -1.30. The van der Waals surface area contributed by atoms with E-state index in [9.17, 15) is 17.6 Å². The first kappa shape index (κ1) is 19.5. The van der Waals surface area contributed by atoms with Gasteiger partial charge in [-0.3, -0.25) is 0 Å². The van der Waals surface area contributed by atoms with Crippen molar-refractivity contribution < 1.29 is 27.0 Å². The second-order valence-electron chi connectivity index (χ2n) is 7.60. The molecule has 0 aromatic heterocycles. The minimum atomic E-state index is -4.87. The van der Waals surface area contributed by atoms with Crippen LogP contribution in [0.5, 0.6) is 5.75 Å². The SMILES string of the molecule is CCCCCOC1CC(C2CC(c3ccc(OC(F)(F)F)c(F)c3)C2)C1. The van der Waals surface area contributed by atoms with Crippen molar-refractivity contribution >= 4 is 0 Å². The summed E-state index contributed by atoms with van der Waals surface area (Å²) in [5.74, 6) is -0.171. The number of alkyl halides is 3. The van der Waals surface area contributed by atoms with E-state index < -0.39 is 17.9 Å². The van der Waals surface area contributed by atoms with E-state index in [1.807, 2.05) is 0 Å². The fourth-order valence-corrected chi connectivity index (χ4v) is 4.03. The zero-order chi connectivity index (χ0) is 18.7. The van der Waals surface area contributed by atoms with E-state index >= 15 is 0 Å². The molecule has 1 aromatic carbocycles. The standard InChI is InChI=1S/C20H26F4O2/c1-2-3-4-7-25-17-10-16(11-17)15-8-14(9-15)13-5-6-19(18(21)12-13)26-20(22,23)24/h5-6,12,14-17H,2-4,7-11H2,1H3. The van der Waals surface area contributed by atoms with Crippen molar-refractivity contribution in [1.82, 2.24) is 0 Å². The summed E-state index contributed by atoms with van der Waals surface area (Å²) in [6.07, 6.45) is 3.23. The van der Waals surface area contributed by atoms with E-state index in [4.69, 9.17) is 4.74 Å². The molecule has 2 nitrogen and oxygen atoms in total. The van der Waals surface area contributed by atoms with Gasteiger partial charge in [0.1, 0.15) is 0 Å². The maximum atomic E-state index is 13.8. The first-order valence-electron chi connectivity index (χ1n) is 9.52. The fourth-order valence-electron chi connectivity index (χ4n) is 4.03. The summed E-state index contributed by atoms with van der Waals surface area (Å²) in [5.41, 5.74) is 0.764. The van der Waals surface area contributed by atoms with Crippen LogP contribution < -0.4 is 4.74 Å². The van der Waals surface area contributed by atoms with Crippen LogP contribution in [0.15, 0.2) is 18.2 Å². The molecule has 146 valence electrons. The van der Waals surface area contributed by atoms with Gasteiger partial charge in [-0.05, 0) is 67.6 Å². The van der Waals surface area contributed by atoms with Gasteiger partial charge >= 0.3 is 6.36 Å². The smallest absolute Gasteiger partial charge is 0.403 e. The van der Waals surface area contributed by atoms with E-state index in [1.165, 1.54) is 18.9 Å². The van der Waals surface area contributed by atoms with Crippen molar-refractivity contribution in [1.29, 1.82) is 0 Å². The average molecular weight is 374 g/mol. The predicted octanol–water partition coefficient (Wildman–Crippen LogP) is 6.20. The van der Waals surface area contributed by atoms with E-state index in [-0.39, 0.29) is 5.92 Å². The van der Waals surface area contributed by atoms with E-state index in [0.717, 1.165) is 50.3 Å². The topological polar surface area (TPSA) is 18.5 Å². The summed E-state index contributed by atoms with van der Waals surface area (Å²) in [7, 11) is 0. The zero-order valence-electron chi connectivity index (χ0n) is 15.0. The minimum Gasteiger partial charge on any atom is -0.403 e. The van der Waals surface area contributed by atoms with Crippen molar-refractivity contribution in [2.24, 2.45) is 11.8 Å². The number of benzene rings is 1. The van der Waals surface area contributed by atoms with Crippen LogP contribution in [-0.4, -0.2) is 19.1 Å². The number of hydrogen-bond acceptors (Lipinski definition) is 2. The van der Waals surface area contributed by atoms with Crippen molar-refractivity contribution in [2.75, 3.05) is 6.61 Å². The van der Waals surface area contributed by atoms with E-state index in [0.29, 0.717) is 17.9 Å². The molecule has 0 bridgehead atoms. The van der Waals surface area contributed by atoms with Crippen LogP contribution in [0.4, 0.5) is 17.6 Å². The largest absolute Gasteiger partial charge is 0.573 e. The van der Waals surface area contributed by atoms with E-state index in [2.05, 4.69) is 11.7 Å². The zero-order valence-corrected chi connectivity index (χ0v) is 15.0.